The zero-order valence-electron chi connectivity index (χ0n) is 10.2. The Morgan fingerprint density at radius 2 is 1.89 bits per heavy atom. The molecule has 0 bridgehead atoms. The second-order valence-electron chi connectivity index (χ2n) is 3.85. The van der Waals surface area contributed by atoms with Crippen LogP contribution in [0, 0.1) is 0 Å². The summed E-state index contributed by atoms with van der Waals surface area (Å²) in [5.74, 6) is 0.106. The van der Waals surface area contributed by atoms with Crippen LogP contribution in [0.15, 0.2) is 46.9 Å². The molecule has 0 radical (unpaired) electrons. The number of methoxy groups -OCH3 is 1. The molecule has 2 rings (SSSR count). The molecule has 0 saturated heterocycles. The van der Waals surface area contributed by atoms with Gasteiger partial charge in [-0.25, -0.2) is 0 Å². The number of hydrogen-bond acceptors (Lipinski definition) is 3. The Labute approximate surface area is 119 Å². The first-order valence-corrected chi connectivity index (χ1v) is 6.33. The van der Waals surface area contributed by atoms with E-state index < -0.39 is 0 Å². The van der Waals surface area contributed by atoms with Crippen LogP contribution in [0.25, 0.3) is 0 Å². The summed E-state index contributed by atoms with van der Waals surface area (Å²) in [5.41, 5.74) is 1.05. The Bertz CT molecular complexity index is 596. The van der Waals surface area contributed by atoms with E-state index in [0.29, 0.717) is 17.0 Å². The van der Waals surface area contributed by atoms with Gasteiger partial charge in [-0.15, -0.1) is 0 Å². The Morgan fingerprint density at radius 1 is 1.21 bits per heavy atom. The molecule has 0 aliphatic rings. The SMILES string of the molecule is COc1ccc(NC(=O)c2ccc(Br)cc2)cc1O. The zero-order valence-corrected chi connectivity index (χ0v) is 11.8. The van der Waals surface area contributed by atoms with E-state index in [9.17, 15) is 9.90 Å². The highest BCUT2D eigenvalue weighted by atomic mass is 79.9. The number of nitrogens with one attached hydrogen (secondary N) is 1. The molecule has 2 aromatic rings. The van der Waals surface area contributed by atoms with Crippen LogP contribution in [0.4, 0.5) is 5.69 Å². The highest BCUT2D eigenvalue weighted by Gasteiger charge is 2.08. The Balaban J connectivity index is 2.14. The van der Waals surface area contributed by atoms with Crippen LogP contribution >= 0.6 is 15.9 Å². The van der Waals surface area contributed by atoms with Crippen molar-refractivity contribution in [2.24, 2.45) is 0 Å². The normalized spacial score (nSPS) is 10.0. The third-order valence-electron chi connectivity index (χ3n) is 2.54. The van der Waals surface area contributed by atoms with Crippen LogP contribution < -0.4 is 10.1 Å². The number of anilines is 1. The minimum absolute atomic E-state index is 0.0175. The fourth-order valence-corrected chi connectivity index (χ4v) is 1.84. The van der Waals surface area contributed by atoms with Gasteiger partial charge in [0.1, 0.15) is 0 Å². The number of benzene rings is 2. The molecule has 0 aliphatic heterocycles. The van der Waals surface area contributed by atoms with Crippen molar-refractivity contribution in [1.29, 1.82) is 0 Å². The molecule has 0 spiro atoms. The van der Waals surface area contributed by atoms with E-state index in [1.165, 1.54) is 13.2 Å². The molecule has 5 heteroatoms. The largest absolute Gasteiger partial charge is 0.504 e. The van der Waals surface area contributed by atoms with E-state index >= 15 is 0 Å². The fraction of sp³-hybridized carbons (Fsp3) is 0.0714. The van der Waals surface area contributed by atoms with E-state index in [1.807, 2.05) is 0 Å². The van der Waals surface area contributed by atoms with Crippen LogP contribution in [0.2, 0.25) is 0 Å². The average Bonchev–Trinajstić information content (AvgIpc) is 2.39. The van der Waals surface area contributed by atoms with Crippen LogP contribution in [0.1, 0.15) is 10.4 Å². The lowest BCUT2D eigenvalue weighted by molar-refractivity contribution is 0.102. The highest BCUT2D eigenvalue weighted by Crippen LogP contribution is 2.28. The molecule has 4 nitrogen and oxygen atoms in total. The summed E-state index contributed by atoms with van der Waals surface area (Å²) in [6, 6.07) is 11.7. The topological polar surface area (TPSA) is 58.6 Å². The lowest BCUT2D eigenvalue weighted by atomic mass is 10.2. The summed E-state index contributed by atoms with van der Waals surface area (Å²) < 4.78 is 5.84. The molecular weight excluding hydrogens is 310 g/mol. The number of phenolic OH excluding ortho intramolecular Hbond substituents is 1. The van der Waals surface area contributed by atoms with Gasteiger partial charge >= 0.3 is 0 Å². The summed E-state index contributed by atoms with van der Waals surface area (Å²) in [6.45, 7) is 0. The van der Waals surface area contributed by atoms with Crippen LogP contribution in [0.3, 0.4) is 0 Å². The predicted octanol–water partition coefficient (Wildman–Crippen LogP) is 3.42. The number of carbonyl (C=O) groups excluding carboxylic acids is 1. The van der Waals surface area contributed by atoms with Gasteiger partial charge in [0.15, 0.2) is 11.5 Å². The number of ether oxygens (including phenoxy) is 1. The first kappa shape index (κ1) is 13.4. The van der Waals surface area contributed by atoms with Crippen molar-refractivity contribution in [2.75, 3.05) is 12.4 Å². The monoisotopic (exact) mass is 321 g/mol. The Hall–Kier alpha value is -2.01. The molecule has 0 aromatic heterocycles. The lowest BCUT2D eigenvalue weighted by Crippen LogP contribution is -2.11. The first-order valence-electron chi connectivity index (χ1n) is 5.54. The molecule has 98 valence electrons. The first-order chi connectivity index (χ1) is 9.10. The number of carbonyl (C=O) groups is 1. The minimum Gasteiger partial charge on any atom is -0.504 e. The maximum atomic E-state index is 12.0. The number of amides is 1. The molecule has 0 aliphatic carbocycles. The summed E-state index contributed by atoms with van der Waals surface area (Å²) in [7, 11) is 1.47. The van der Waals surface area contributed by atoms with Gasteiger partial charge in [-0.2, -0.15) is 0 Å². The van der Waals surface area contributed by atoms with Gasteiger partial charge in [0.25, 0.3) is 5.91 Å². The van der Waals surface area contributed by atoms with Gasteiger partial charge in [-0.1, -0.05) is 15.9 Å². The summed E-state index contributed by atoms with van der Waals surface area (Å²) in [6.07, 6.45) is 0. The minimum atomic E-state index is -0.239. The predicted molar refractivity (Wildman–Crippen MR) is 76.8 cm³/mol. The van der Waals surface area contributed by atoms with Crippen LogP contribution in [-0.2, 0) is 0 Å². The zero-order chi connectivity index (χ0) is 13.8. The van der Waals surface area contributed by atoms with E-state index in [-0.39, 0.29) is 11.7 Å². The second-order valence-corrected chi connectivity index (χ2v) is 4.76. The van der Waals surface area contributed by atoms with Crippen molar-refractivity contribution in [3.63, 3.8) is 0 Å². The van der Waals surface area contributed by atoms with Crippen molar-refractivity contribution < 1.29 is 14.6 Å². The number of aromatic hydroxyl groups is 1. The van der Waals surface area contributed by atoms with E-state index in [0.717, 1.165) is 4.47 Å². The molecule has 0 fully saturated rings. The smallest absolute Gasteiger partial charge is 0.255 e. The molecule has 2 aromatic carbocycles. The van der Waals surface area contributed by atoms with Gasteiger partial charge in [0, 0.05) is 21.8 Å². The number of hydrogen-bond donors (Lipinski definition) is 2. The Morgan fingerprint density at radius 3 is 2.47 bits per heavy atom. The Kier molecular flexibility index (Phi) is 4.06. The summed E-state index contributed by atoms with van der Waals surface area (Å²) in [5, 5.41) is 12.3. The molecular formula is C14H12BrNO3. The molecule has 2 N–H and O–H groups in total. The van der Waals surface area contributed by atoms with Gasteiger partial charge in [-0.05, 0) is 36.4 Å². The summed E-state index contributed by atoms with van der Waals surface area (Å²) >= 11 is 3.31. The molecule has 1 amide bonds. The van der Waals surface area contributed by atoms with E-state index in [4.69, 9.17) is 4.74 Å². The van der Waals surface area contributed by atoms with E-state index in [2.05, 4.69) is 21.2 Å². The third kappa shape index (κ3) is 3.26. The van der Waals surface area contributed by atoms with Gasteiger partial charge < -0.3 is 15.2 Å². The van der Waals surface area contributed by atoms with Crippen LogP contribution in [-0.4, -0.2) is 18.1 Å². The van der Waals surface area contributed by atoms with E-state index in [1.54, 1.807) is 36.4 Å². The lowest BCUT2D eigenvalue weighted by Gasteiger charge is -2.08. The fourth-order valence-electron chi connectivity index (χ4n) is 1.57. The maximum Gasteiger partial charge on any atom is 0.255 e. The van der Waals surface area contributed by atoms with Crippen molar-refractivity contribution in [2.45, 2.75) is 0 Å². The highest BCUT2D eigenvalue weighted by molar-refractivity contribution is 9.10. The average molecular weight is 322 g/mol. The standard InChI is InChI=1S/C14H12BrNO3/c1-19-13-7-6-11(8-12(13)17)16-14(18)9-2-4-10(15)5-3-9/h2-8,17H,1H3,(H,16,18). The van der Waals surface area contributed by atoms with Gasteiger partial charge in [-0.3, -0.25) is 4.79 Å². The molecule has 19 heavy (non-hydrogen) atoms. The molecule has 0 unspecified atom stereocenters. The second kappa shape index (κ2) is 5.75. The quantitative estimate of drug-likeness (QED) is 0.910. The molecule has 0 heterocycles. The van der Waals surface area contributed by atoms with Crippen molar-refractivity contribution in [1.82, 2.24) is 0 Å². The summed E-state index contributed by atoms with van der Waals surface area (Å²) in [4.78, 5) is 12.0. The molecule has 0 atom stereocenters. The maximum absolute atomic E-state index is 12.0. The molecule has 0 saturated carbocycles. The number of phenols is 1. The van der Waals surface area contributed by atoms with Crippen molar-refractivity contribution >= 4 is 27.5 Å². The van der Waals surface area contributed by atoms with Crippen molar-refractivity contribution in [3.8, 4) is 11.5 Å². The van der Waals surface area contributed by atoms with Gasteiger partial charge in [0.05, 0.1) is 7.11 Å². The number of halogens is 1. The third-order valence-corrected chi connectivity index (χ3v) is 3.07. The van der Waals surface area contributed by atoms with Crippen LogP contribution in [0.5, 0.6) is 11.5 Å². The number of rotatable bonds is 3. The van der Waals surface area contributed by atoms with Gasteiger partial charge in [0.2, 0.25) is 0 Å². The van der Waals surface area contributed by atoms with Crippen molar-refractivity contribution in [3.05, 3.63) is 52.5 Å².